The van der Waals surface area contributed by atoms with Gasteiger partial charge in [0.1, 0.15) is 5.60 Å². The molecule has 2 unspecified atom stereocenters. The molecule has 3 fully saturated rings. The minimum absolute atomic E-state index is 0.108. The average molecular weight is 449 g/mol. The number of amides is 1. The Balaban J connectivity index is 1.24. The number of hydrogen-bond acceptors (Lipinski definition) is 4. The summed E-state index contributed by atoms with van der Waals surface area (Å²) in [6.07, 6.45) is -4.36. The van der Waals surface area contributed by atoms with E-state index in [-0.39, 0.29) is 31.0 Å². The predicted molar refractivity (Wildman–Crippen MR) is 112 cm³/mol. The third-order valence-electron chi connectivity index (χ3n) is 6.83. The second-order valence-corrected chi connectivity index (χ2v) is 8.85. The largest absolute Gasteiger partial charge is 0.416 e. The van der Waals surface area contributed by atoms with Crippen molar-refractivity contribution in [3.63, 3.8) is 0 Å². The number of rotatable bonds is 4. The quantitative estimate of drug-likeness (QED) is 0.713. The molecule has 2 atom stereocenters. The Morgan fingerprint density at radius 1 is 1.09 bits per heavy atom. The van der Waals surface area contributed by atoms with Crippen molar-refractivity contribution in [1.29, 1.82) is 0 Å². The first kappa shape index (κ1) is 17.9. The molecule has 0 N–H and O–H groups in total. The monoisotopic (exact) mass is 449 g/mol. The van der Waals surface area contributed by atoms with Gasteiger partial charge in [0.25, 0.3) is 5.91 Å². The van der Waals surface area contributed by atoms with Gasteiger partial charge in [-0.05, 0) is 42.0 Å². The van der Waals surface area contributed by atoms with Crippen molar-refractivity contribution in [1.82, 2.24) is 4.90 Å². The Hall–Kier alpha value is -2.58. The molecule has 2 aromatic rings. The maximum atomic E-state index is 13.3. The highest BCUT2D eigenvalue weighted by Crippen LogP contribution is 2.37. The zero-order valence-corrected chi connectivity index (χ0v) is 17.3. The fraction of sp³-hybridized carbons (Fsp3) is 0.458. The topological polar surface area (TPSA) is 42.0 Å². The molecule has 0 spiro atoms. The molecule has 0 radical (unpaired) electrons. The van der Waals surface area contributed by atoms with Crippen LogP contribution in [0.5, 0.6) is 0 Å². The fourth-order valence-electron chi connectivity index (χ4n) is 4.92. The second kappa shape index (κ2) is 7.78. The highest BCUT2D eigenvalue weighted by atomic mass is 19.4. The Bertz CT molecular complexity index is 1090. The summed E-state index contributed by atoms with van der Waals surface area (Å²) in [5.41, 5.74) is 0.0473. The van der Waals surface area contributed by atoms with Gasteiger partial charge in [0.15, 0.2) is 0 Å². The summed E-state index contributed by atoms with van der Waals surface area (Å²) in [5.74, 6) is 0.330. The van der Waals surface area contributed by atoms with Gasteiger partial charge in [0, 0.05) is 56.3 Å². The van der Waals surface area contributed by atoms with Crippen LogP contribution in [0, 0.1) is 11.8 Å². The van der Waals surface area contributed by atoms with E-state index in [1.165, 1.54) is 12.1 Å². The Kier molecular flexibility index (Phi) is 4.35. The number of alkyl halides is 3. The van der Waals surface area contributed by atoms with E-state index in [9.17, 15) is 18.0 Å². The number of hydrogen-bond donors (Lipinski definition) is 0. The molecule has 0 aliphatic carbocycles. The average Bonchev–Trinajstić information content (AvgIpc) is 3.34. The molecule has 2 aromatic carbocycles. The third kappa shape index (κ3) is 3.65. The SMILES string of the molecule is [2H]C([2H])([2H])OC1(c2cccc(C(=O)N3CC4CN(c5ccc(C(F)(F)F)cc5)CC4C3)c2)COC1. The van der Waals surface area contributed by atoms with Gasteiger partial charge < -0.3 is 19.3 Å². The Labute approximate surface area is 188 Å². The van der Waals surface area contributed by atoms with Crippen LogP contribution < -0.4 is 4.90 Å². The number of anilines is 1. The van der Waals surface area contributed by atoms with Gasteiger partial charge in [-0.3, -0.25) is 4.79 Å². The van der Waals surface area contributed by atoms with Crippen LogP contribution in [0.1, 0.15) is 25.6 Å². The number of ether oxygens (including phenoxy) is 2. The van der Waals surface area contributed by atoms with Crippen LogP contribution in [0.15, 0.2) is 48.5 Å². The number of methoxy groups -OCH3 is 1. The predicted octanol–water partition coefficient (Wildman–Crippen LogP) is 3.79. The maximum Gasteiger partial charge on any atom is 0.416 e. The van der Waals surface area contributed by atoms with Gasteiger partial charge in [0.2, 0.25) is 0 Å². The molecule has 32 heavy (non-hydrogen) atoms. The van der Waals surface area contributed by atoms with Gasteiger partial charge in [-0.1, -0.05) is 12.1 Å². The van der Waals surface area contributed by atoms with E-state index in [4.69, 9.17) is 13.6 Å². The Morgan fingerprint density at radius 3 is 2.34 bits per heavy atom. The standard InChI is InChI=1S/C24H25F3N2O3/c1-31-23(14-32-15-23)20-4-2-3-16(9-20)22(30)29-12-17-10-28(11-18(17)13-29)21-7-5-19(6-8-21)24(25,26)27/h2-9,17-18H,10-15H2,1H3/i1D3. The van der Waals surface area contributed by atoms with Crippen molar-refractivity contribution in [3.05, 3.63) is 65.2 Å². The van der Waals surface area contributed by atoms with Crippen molar-refractivity contribution in [3.8, 4) is 0 Å². The van der Waals surface area contributed by atoms with Crippen LogP contribution in [0.25, 0.3) is 0 Å². The van der Waals surface area contributed by atoms with Crippen molar-refractivity contribution < 1.29 is 31.6 Å². The van der Waals surface area contributed by atoms with E-state index in [1.54, 1.807) is 29.2 Å². The third-order valence-corrected chi connectivity index (χ3v) is 6.83. The van der Waals surface area contributed by atoms with Gasteiger partial charge >= 0.3 is 6.18 Å². The van der Waals surface area contributed by atoms with Crippen LogP contribution in [0.4, 0.5) is 18.9 Å². The number of nitrogens with zero attached hydrogens (tertiary/aromatic N) is 2. The molecule has 3 heterocycles. The van der Waals surface area contributed by atoms with Gasteiger partial charge in [-0.25, -0.2) is 0 Å². The van der Waals surface area contributed by atoms with Crippen molar-refractivity contribution in [2.75, 3.05) is 51.3 Å². The molecule has 8 heteroatoms. The zero-order chi connectivity index (χ0) is 25.0. The van der Waals surface area contributed by atoms with Crippen molar-refractivity contribution in [2.45, 2.75) is 11.8 Å². The zero-order valence-electron chi connectivity index (χ0n) is 20.3. The lowest BCUT2D eigenvalue weighted by molar-refractivity contribution is -0.202. The summed E-state index contributed by atoms with van der Waals surface area (Å²) in [4.78, 5) is 17.1. The molecule has 3 aliphatic rings. The molecule has 1 amide bonds. The first-order valence-electron chi connectivity index (χ1n) is 12.0. The summed E-state index contributed by atoms with van der Waals surface area (Å²) >= 11 is 0. The van der Waals surface area contributed by atoms with Crippen LogP contribution >= 0.6 is 0 Å². The van der Waals surface area contributed by atoms with E-state index in [1.807, 2.05) is 0 Å². The lowest BCUT2D eigenvalue weighted by atomic mass is 9.90. The van der Waals surface area contributed by atoms with Gasteiger partial charge in [-0.15, -0.1) is 0 Å². The lowest BCUT2D eigenvalue weighted by Crippen LogP contribution is -2.48. The fourth-order valence-corrected chi connectivity index (χ4v) is 4.92. The molecule has 5 rings (SSSR count). The summed E-state index contributed by atoms with van der Waals surface area (Å²) in [6.45, 7) is 2.68. The highest BCUT2D eigenvalue weighted by Gasteiger charge is 2.43. The van der Waals surface area contributed by atoms with Crippen molar-refractivity contribution >= 4 is 11.6 Å². The summed E-state index contributed by atoms with van der Waals surface area (Å²) in [7, 11) is -2.59. The minimum atomic E-state index is -4.36. The molecule has 0 aromatic heterocycles. The summed E-state index contributed by atoms with van der Waals surface area (Å²) in [5, 5.41) is 0. The lowest BCUT2D eigenvalue weighted by Gasteiger charge is -2.40. The molecule has 5 nitrogen and oxygen atoms in total. The van der Waals surface area contributed by atoms with Gasteiger partial charge in [-0.2, -0.15) is 13.2 Å². The first-order valence-corrected chi connectivity index (χ1v) is 10.5. The van der Waals surface area contributed by atoms with E-state index in [0.29, 0.717) is 37.3 Å². The molecular formula is C24H25F3N2O3. The molecule has 0 bridgehead atoms. The van der Waals surface area contributed by atoms with Crippen molar-refractivity contribution in [2.24, 2.45) is 11.8 Å². The number of likely N-dealkylation sites (tertiary alicyclic amines) is 1. The maximum absolute atomic E-state index is 13.3. The molecule has 170 valence electrons. The van der Waals surface area contributed by atoms with E-state index >= 15 is 0 Å². The normalized spacial score (nSPS) is 26.2. The van der Waals surface area contributed by atoms with Crippen LogP contribution in [-0.4, -0.2) is 57.2 Å². The smallest absolute Gasteiger partial charge is 0.375 e. The van der Waals surface area contributed by atoms with Crippen LogP contribution in [-0.2, 0) is 21.3 Å². The number of carbonyl (C=O) groups excluding carboxylic acids is 1. The number of carbonyl (C=O) groups is 1. The molecule has 0 saturated carbocycles. The van der Waals surface area contributed by atoms with Crippen LogP contribution in [0.2, 0.25) is 0 Å². The van der Waals surface area contributed by atoms with E-state index in [0.717, 1.165) is 17.8 Å². The highest BCUT2D eigenvalue weighted by molar-refractivity contribution is 5.94. The van der Waals surface area contributed by atoms with E-state index in [2.05, 4.69) is 4.90 Å². The van der Waals surface area contributed by atoms with Crippen LogP contribution in [0.3, 0.4) is 0 Å². The van der Waals surface area contributed by atoms with E-state index < -0.39 is 24.4 Å². The number of benzene rings is 2. The minimum Gasteiger partial charge on any atom is -0.375 e. The second-order valence-electron chi connectivity index (χ2n) is 8.85. The van der Waals surface area contributed by atoms with Gasteiger partial charge in [0.05, 0.1) is 22.9 Å². The Morgan fingerprint density at radius 2 is 1.78 bits per heavy atom. The molecular weight excluding hydrogens is 421 g/mol. The molecule has 3 saturated heterocycles. The molecule has 3 aliphatic heterocycles. The number of fused-ring (bicyclic) bond motifs is 1. The number of halogens is 3. The first-order chi connectivity index (χ1) is 16.4. The summed E-state index contributed by atoms with van der Waals surface area (Å²) < 4.78 is 71.5. The summed E-state index contributed by atoms with van der Waals surface area (Å²) in [6, 6.07) is 12.0.